The number of anilines is 1. The summed E-state index contributed by atoms with van der Waals surface area (Å²) in [5, 5.41) is 7.94. The highest BCUT2D eigenvalue weighted by Gasteiger charge is 2.11. The van der Waals surface area contributed by atoms with Crippen LogP contribution in [0.25, 0.3) is 0 Å². The lowest BCUT2D eigenvalue weighted by Crippen LogP contribution is -2.13. The first-order valence-corrected chi connectivity index (χ1v) is 8.25. The van der Waals surface area contributed by atoms with E-state index in [0.29, 0.717) is 12.2 Å². The Balaban J connectivity index is 1.95. The lowest BCUT2D eigenvalue weighted by molar-refractivity contribution is 0.592. The van der Waals surface area contributed by atoms with E-state index in [1.165, 1.54) is 30.5 Å². The first kappa shape index (κ1) is 15.0. The van der Waals surface area contributed by atoms with E-state index in [9.17, 15) is 12.8 Å². The van der Waals surface area contributed by atoms with Gasteiger partial charge in [0.2, 0.25) is 10.0 Å². The smallest absolute Gasteiger partial charge is 0.238 e. The summed E-state index contributed by atoms with van der Waals surface area (Å²) in [7, 11) is -3.86. The number of allylic oxidation sites excluding steroid dienone is 1. The van der Waals surface area contributed by atoms with Crippen molar-refractivity contribution in [2.75, 3.05) is 11.9 Å². The van der Waals surface area contributed by atoms with Crippen LogP contribution in [0.3, 0.4) is 0 Å². The molecule has 0 amide bonds. The molecular weight excluding hydrogens is 279 g/mol. The Labute approximate surface area is 118 Å². The van der Waals surface area contributed by atoms with E-state index < -0.39 is 15.8 Å². The van der Waals surface area contributed by atoms with Gasteiger partial charge in [-0.2, -0.15) is 0 Å². The van der Waals surface area contributed by atoms with Gasteiger partial charge in [0.25, 0.3) is 0 Å². The molecule has 20 heavy (non-hydrogen) atoms. The normalized spacial score (nSPS) is 15.8. The average molecular weight is 298 g/mol. The van der Waals surface area contributed by atoms with Crippen LogP contribution in [0.2, 0.25) is 0 Å². The Morgan fingerprint density at radius 3 is 2.70 bits per heavy atom. The first-order valence-electron chi connectivity index (χ1n) is 6.71. The molecule has 0 heterocycles. The molecule has 0 aliphatic heterocycles. The SMILES string of the molecule is NS(=O)(=O)c1ccc(NCCC2=CCCCC2)c(F)c1. The maximum atomic E-state index is 13.7. The molecule has 0 saturated carbocycles. The average Bonchev–Trinajstić information content (AvgIpc) is 2.40. The van der Waals surface area contributed by atoms with Gasteiger partial charge in [-0.15, -0.1) is 0 Å². The summed E-state index contributed by atoms with van der Waals surface area (Å²) >= 11 is 0. The van der Waals surface area contributed by atoms with Crippen LogP contribution in [0.15, 0.2) is 34.7 Å². The molecule has 0 aromatic heterocycles. The van der Waals surface area contributed by atoms with Gasteiger partial charge < -0.3 is 5.32 Å². The fraction of sp³-hybridized carbons (Fsp3) is 0.429. The van der Waals surface area contributed by atoms with Gasteiger partial charge in [0, 0.05) is 6.54 Å². The molecule has 110 valence electrons. The first-order chi connectivity index (χ1) is 9.47. The second kappa shape index (κ2) is 6.37. The summed E-state index contributed by atoms with van der Waals surface area (Å²) in [5.74, 6) is -0.603. The van der Waals surface area contributed by atoms with Crippen molar-refractivity contribution in [2.24, 2.45) is 5.14 Å². The molecule has 4 nitrogen and oxygen atoms in total. The summed E-state index contributed by atoms with van der Waals surface area (Å²) in [6.07, 6.45) is 7.87. The lowest BCUT2D eigenvalue weighted by atomic mass is 9.97. The molecule has 0 unspecified atom stereocenters. The van der Waals surface area contributed by atoms with E-state index in [-0.39, 0.29) is 4.90 Å². The number of sulfonamides is 1. The third kappa shape index (κ3) is 4.05. The van der Waals surface area contributed by atoms with Crippen LogP contribution in [0.4, 0.5) is 10.1 Å². The van der Waals surface area contributed by atoms with Crippen LogP contribution in [-0.2, 0) is 10.0 Å². The third-order valence-electron chi connectivity index (χ3n) is 3.42. The van der Waals surface area contributed by atoms with Crippen LogP contribution in [-0.4, -0.2) is 15.0 Å². The summed E-state index contributed by atoms with van der Waals surface area (Å²) in [6, 6.07) is 3.66. The van der Waals surface area contributed by atoms with Crippen molar-refractivity contribution in [3.63, 3.8) is 0 Å². The van der Waals surface area contributed by atoms with E-state index in [4.69, 9.17) is 5.14 Å². The summed E-state index contributed by atoms with van der Waals surface area (Å²) in [6.45, 7) is 0.636. The van der Waals surface area contributed by atoms with Gasteiger partial charge in [-0.3, -0.25) is 0 Å². The predicted octanol–water partition coefficient (Wildman–Crippen LogP) is 2.78. The number of primary sulfonamides is 1. The minimum absolute atomic E-state index is 0.212. The van der Waals surface area contributed by atoms with Crippen molar-refractivity contribution in [3.05, 3.63) is 35.7 Å². The molecule has 0 atom stereocenters. The highest BCUT2D eigenvalue weighted by Crippen LogP contribution is 2.21. The van der Waals surface area contributed by atoms with Crippen molar-refractivity contribution in [1.29, 1.82) is 0 Å². The topological polar surface area (TPSA) is 72.2 Å². The number of nitrogens with two attached hydrogens (primary N) is 1. The van der Waals surface area contributed by atoms with Gasteiger partial charge in [0.1, 0.15) is 5.82 Å². The maximum absolute atomic E-state index is 13.7. The van der Waals surface area contributed by atoms with Crippen molar-refractivity contribution < 1.29 is 12.8 Å². The molecule has 1 aromatic rings. The van der Waals surface area contributed by atoms with Crippen LogP contribution in [0.5, 0.6) is 0 Å². The van der Waals surface area contributed by atoms with E-state index >= 15 is 0 Å². The standard InChI is InChI=1S/C14H19FN2O2S/c15-13-10-12(20(16,18)19)6-7-14(13)17-9-8-11-4-2-1-3-5-11/h4,6-7,10,17H,1-3,5,8-9H2,(H2,16,18,19). The molecule has 1 aliphatic carbocycles. The molecule has 0 saturated heterocycles. The van der Waals surface area contributed by atoms with Crippen LogP contribution in [0.1, 0.15) is 32.1 Å². The van der Waals surface area contributed by atoms with Crippen LogP contribution < -0.4 is 10.5 Å². The zero-order valence-corrected chi connectivity index (χ0v) is 12.0. The van der Waals surface area contributed by atoms with Gasteiger partial charge in [-0.25, -0.2) is 17.9 Å². The highest BCUT2D eigenvalue weighted by atomic mass is 32.2. The third-order valence-corrected chi connectivity index (χ3v) is 4.33. The van der Waals surface area contributed by atoms with Gasteiger partial charge >= 0.3 is 0 Å². The number of hydrogen-bond acceptors (Lipinski definition) is 3. The molecule has 0 radical (unpaired) electrons. The zero-order chi connectivity index (χ0) is 14.6. The highest BCUT2D eigenvalue weighted by molar-refractivity contribution is 7.89. The van der Waals surface area contributed by atoms with Gasteiger partial charge in [-0.05, 0) is 50.3 Å². The fourth-order valence-electron chi connectivity index (χ4n) is 2.31. The summed E-state index contributed by atoms with van der Waals surface area (Å²) in [4.78, 5) is -0.212. The van der Waals surface area contributed by atoms with E-state index in [1.54, 1.807) is 0 Å². The Morgan fingerprint density at radius 1 is 1.30 bits per heavy atom. The number of benzene rings is 1. The monoisotopic (exact) mass is 298 g/mol. The van der Waals surface area contributed by atoms with Crippen molar-refractivity contribution in [3.8, 4) is 0 Å². The number of nitrogens with one attached hydrogen (secondary N) is 1. The number of halogens is 1. The Morgan fingerprint density at radius 2 is 2.10 bits per heavy atom. The molecule has 0 fully saturated rings. The second-order valence-corrected chi connectivity index (χ2v) is 6.53. The van der Waals surface area contributed by atoms with Crippen molar-refractivity contribution >= 4 is 15.7 Å². The zero-order valence-electron chi connectivity index (χ0n) is 11.2. The van der Waals surface area contributed by atoms with Crippen molar-refractivity contribution in [1.82, 2.24) is 0 Å². The molecule has 2 rings (SSSR count). The number of hydrogen-bond donors (Lipinski definition) is 2. The van der Waals surface area contributed by atoms with Gasteiger partial charge in [0.05, 0.1) is 10.6 Å². The second-order valence-electron chi connectivity index (χ2n) is 4.97. The van der Waals surface area contributed by atoms with Crippen LogP contribution >= 0.6 is 0 Å². The minimum atomic E-state index is -3.86. The number of rotatable bonds is 5. The van der Waals surface area contributed by atoms with Gasteiger partial charge in [-0.1, -0.05) is 11.6 Å². The molecule has 6 heteroatoms. The van der Waals surface area contributed by atoms with Gasteiger partial charge in [0.15, 0.2) is 0 Å². The largest absolute Gasteiger partial charge is 0.382 e. The molecule has 0 spiro atoms. The Bertz CT molecular complexity index is 612. The van der Waals surface area contributed by atoms with Crippen LogP contribution in [0, 0.1) is 5.82 Å². The van der Waals surface area contributed by atoms with E-state index in [2.05, 4.69) is 11.4 Å². The van der Waals surface area contributed by atoms with E-state index in [0.717, 1.165) is 25.3 Å². The lowest BCUT2D eigenvalue weighted by Gasteiger charge is -2.14. The molecule has 0 bridgehead atoms. The molecule has 1 aliphatic rings. The Hall–Kier alpha value is -1.40. The summed E-state index contributed by atoms with van der Waals surface area (Å²) < 4.78 is 35.9. The van der Waals surface area contributed by atoms with E-state index in [1.807, 2.05) is 0 Å². The van der Waals surface area contributed by atoms with Crippen molar-refractivity contribution in [2.45, 2.75) is 37.0 Å². The Kier molecular flexibility index (Phi) is 4.77. The quantitative estimate of drug-likeness (QED) is 0.821. The minimum Gasteiger partial charge on any atom is -0.382 e. The maximum Gasteiger partial charge on any atom is 0.238 e. The molecule has 3 N–H and O–H groups in total. The molecule has 1 aromatic carbocycles. The predicted molar refractivity (Wildman–Crippen MR) is 77.4 cm³/mol. The fourth-order valence-corrected chi connectivity index (χ4v) is 2.83. The molecular formula is C14H19FN2O2S. The summed E-state index contributed by atoms with van der Waals surface area (Å²) in [5.41, 5.74) is 1.71.